The van der Waals surface area contributed by atoms with Crippen molar-refractivity contribution in [3.05, 3.63) is 22.7 Å². The fraction of sp³-hybridized carbons (Fsp3) is 0.455. The quantitative estimate of drug-likeness (QED) is 0.829. The summed E-state index contributed by atoms with van der Waals surface area (Å²) in [5, 5.41) is 10.2. The molecule has 0 spiro atoms. The largest absolute Gasteiger partial charge is 0.493 e. The second-order valence-electron chi connectivity index (χ2n) is 3.30. The molecule has 1 aromatic rings. The summed E-state index contributed by atoms with van der Waals surface area (Å²) in [6.07, 6.45) is -0.229. The number of aliphatic hydroxyl groups is 1. The van der Waals surface area contributed by atoms with E-state index in [0.717, 1.165) is 0 Å². The molecule has 0 saturated heterocycles. The van der Waals surface area contributed by atoms with Crippen molar-refractivity contribution in [1.82, 2.24) is 0 Å². The Morgan fingerprint density at radius 3 is 2.56 bits per heavy atom. The van der Waals surface area contributed by atoms with E-state index in [1.54, 1.807) is 12.1 Å². The molecule has 0 aromatic heterocycles. The third kappa shape index (κ3) is 2.58. The molecule has 90 valence electrons. The lowest BCUT2D eigenvalue weighted by atomic mass is 10.1. The van der Waals surface area contributed by atoms with Crippen LogP contribution in [-0.2, 0) is 0 Å². The van der Waals surface area contributed by atoms with Crippen LogP contribution in [0, 0.1) is 0 Å². The maximum absolute atomic E-state index is 9.82. The van der Waals surface area contributed by atoms with Crippen LogP contribution in [0.25, 0.3) is 0 Å². The predicted octanol–water partition coefficient (Wildman–Crippen LogP) is 1.74. The average Bonchev–Trinajstić information content (AvgIpc) is 2.28. The zero-order chi connectivity index (χ0) is 12.1. The van der Waals surface area contributed by atoms with Crippen molar-refractivity contribution >= 4 is 11.6 Å². The minimum atomic E-state index is -0.683. The average molecular weight is 246 g/mol. The van der Waals surface area contributed by atoms with Gasteiger partial charge in [0.15, 0.2) is 11.5 Å². The maximum atomic E-state index is 9.82. The molecule has 1 unspecified atom stereocenters. The van der Waals surface area contributed by atoms with Crippen molar-refractivity contribution in [2.75, 3.05) is 20.8 Å². The van der Waals surface area contributed by atoms with Crippen LogP contribution in [0.5, 0.6) is 11.5 Å². The minimum Gasteiger partial charge on any atom is -0.493 e. The van der Waals surface area contributed by atoms with Crippen molar-refractivity contribution in [2.45, 2.75) is 12.5 Å². The van der Waals surface area contributed by atoms with Gasteiger partial charge in [-0.15, -0.1) is 0 Å². The topological polar surface area (TPSA) is 64.7 Å². The number of hydrogen-bond acceptors (Lipinski definition) is 4. The highest BCUT2D eigenvalue weighted by Gasteiger charge is 2.17. The molecule has 0 aliphatic carbocycles. The van der Waals surface area contributed by atoms with Crippen LogP contribution in [-0.4, -0.2) is 25.9 Å². The molecule has 1 rings (SSSR count). The fourth-order valence-electron chi connectivity index (χ4n) is 1.48. The molecule has 16 heavy (non-hydrogen) atoms. The van der Waals surface area contributed by atoms with Gasteiger partial charge in [0.2, 0.25) is 0 Å². The zero-order valence-corrected chi connectivity index (χ0v) is 10.1. The van der Waals surface area contributed by atoms with Crippen molar-refractivity contribution in [1.29, 1.82) is 0 Å². The van der Waals surface area contributed by atoms with Gasteiger partial charge in [0, 0.05) is 5.56 Å². The first kappa shape index (κ1) is 13.1. The Kier molecular flexibility index (Phi) is 4.86. The number of aliphatic hydroxyl groups excluding tert-OH is 1. The Morgan fingerprint density at radius 1 is 1.38 bits per heavy atom. The molecule has 3 N–H and O–H groups in total. The SMILES string of the molecule is COc1ccc(C(O)CCN)c(Cl)c1OC. The molecule has 0 saturated carbocycles. The summed E-state index contributed by atoms with van der Waals surface area (Å²) in [6.45, 7) is 0.395. The maximum Gasteiger partial charge on any atom is 0.179 e. The van der Waals surface area contributed by atoms with Crippen LogP contribution < -0.4 is 15.2 Å². The van der Waals surface area contributed by atoms with Gasteiger partial charge < -0.3 is 20.3 Å². The van der Waals surface area contributed by atoms with Gasteiger partial charge in [-0.05, 0) is 19.0 Å². The molecule has 1 aromatic carbocycles. The number of rotatable bonds is 5. The standard InChI is InChI=1S/C11H16ClNO3/c1-15-9-4-3-7(8(14)5-6-13)10(12)11(9)16-2/h3-4,8,14H,5-6,13H2,1-2H3. The van der Waals surface area contributed by atoms with Gasteiger partial charge >= 0.3 is 0 Å². The highest BCUT2D eigenvalue weighted by Crippen LogP contribution is 2.39. The molecule has 0 aliphatic rings. The van der Waals surface area contributed by atoms with Crippen molar-refractivity contribution in [3.63, 3.8) is 0 Å². The van der Waals surface area contributed by atoms with Crippen LogP contribution in [0.3, 0.4) is 0 Å². The molecule has 0 fully saturated rings. The number of nitrogens with two attached hydrogens (primary N) is 1. The van der Waals surface area contributed by atoms with E-state index in [0.29, 0.717) is 35.1 Å². The van der Waals surface area contributed by atoms with Crippen molar-refractivity contribution in [3.8, 4) is 11.5 Å². The molecule has 0 amide bonds. The van der Waals surface area contributed by atoms with Gasteiger partial charge in [-0.2, -0.15) is 0 Å². The fourth-order valence-corrected chi connectivity index (χ4v) is 1.83. The summed E-state index contributed by atoms with van der Waals surface area (Å²) in [7, 11) is 3.03. The first-order valence-corrected chi connectivity index (χ1v) is 5.32. The second-order valence-corrected chi connectivity index (χ2v) is 3.68. The summed E-state index contributed by atoms with van der Waals surface area (Å²) >= 11 is 6.12. The molecular formula is C11H16ClNO3. The van der Waals surface area contributed by atoms with Gasteiger partial charge in [-0.25, -0.2) is 0 Å². The summed E-state index contributed by atoms with van der Waals surface area (Å²) in [4.78, 5) is 0. The van der Waals surface area contributed by atoms with E-state index in [2.05, 4.69) is 0 Å². The monoisotopic (exact) mass is 245 g/mol. The number of methoxy groups -OCH3 is 2. The Morgan fingerprint density at radius 2 is 2.06 bits per heavy atom. The number of ether oxygens (including phenoxy) is 2. The lowest BCUT2D eigenvalue weighted by Gasteiger charge is -2.16. The molecule has 0 radical (unpaired) electrons. The van der Waals surface area contributed by atoms with E-state index in [1.807, 2.05) is 0 Å². The second kappa shape index (κ2) is 5.94. The first-order valence-electron chi connectivity index (χ1n) is 4.94. The molecule has 5 heteroatoms. The Balaban J connectivity index is 3.13. The van der Waals surface area contributed by atoms with Gasteiger partial charge in [0.05, 0.1) is 25.3 Å². The van der Waals surface area contributed by atoms with E-state index in [1.165, 1.54) is 14.2 Å². The van der Waals surface area contributed by atoms with E-state index < -0.39 is 6.10 Å². The van der Waals surface area contributed by atoms with E-state index in [9.17, 15) is 5.11 Å². The lowest BCUT2D eigenvalue weighted by Crippen LogP contribution is -2.07. The third-order valence-electron chi connectivity index (χ3n) is 2.31. The molecule has 0 bridgehead atoms. The van der Waals surface area contributed by atoms with Gasteiger partial charge in [-0.3, -0.25) is 0 Å². The number of benzene rings is 1. The van der Waals surface area contributed by atoms with Crippen LogP contribution in [0.2, 0.25) is 5.02 Å². The third-order valence-corrected chi connectivity index (χ3v) is 2.70. The van der Waals surface area contributed by atoms with Crippen molar-refractivity contribution < 1.29 is 14.6 Å². The van der Waals surface area contributed by atoms with Gasteiger partial charge in [0.25, 0.3) is 0 Å². The van der Waals surface area contributed by atoms with Gasteiger partial charge in [-0.1, -0.05) is 17.7 Å². The summed E-state index contributed by atoms with van der Waals surface area (Å²) in [6, 6.07) is 3.42. The number of halogens is 1. The summed E-state index contributed by atoms with van der Waals surface area (Å²) < 4.78 is 10.2. The molecular weight excluding hydrogens is 230 g/mol. The van der Waals surface area contributed by atoms with Crippen LogP contribution >= 0.6 is 11.6 Å². The Hall–Kier alpha value is -0.970. The molecule has 4 nitrogen and oxygen atoms in total. The van der Waals surface area contributed by atoms with Crippen LogP contribution in [0.15, 0.2) is 12.1 Å². The predicted molar refractivity (Wildman–Crippen MR) is 63.2 cm³/mol. The zero-order valence-electron chi connectivity index (χ0n) is 9.37. The van der Waals surface area contributed by atoms with E-state index >= 15 is 0 Å². The van der Waals surface area contributed by atoms with Crippen LogP contribution in [0.4, 0.5) is 0 Å². The normalized spacial score (nSPS) is 12.3. The summed E-state index contributed by atoms with van der Waals surface area (Å²) in [5.74, 6) is 0.967. The Labute approximate surface area is 99.9 Å². The van der Waals surface area contributed by atoms with Crippen molar-refractivity contribution in [2.24, 2.45) is 5.73 Å². The number of hydrogen-bond donors (Lipinski definition) is 2. The van der Waals surface area contributed by atoms with Gasteiger partial charge in [0.1, 0.15) is 0 Å². The smallest absolute Gasteiger partial charge is 0.179 e. The molecule has 0 heterocycles. The highest BCUT2D eigenvalue weighted by molar-refractivity contribution is 6.33. The summed E-state index contributed by atoms with van der Waals surface area (Å²) in [5.41, 5.74) is 5.99. The minimum absolute atomic E-state index is 0.364. The Bertz CT molecular complexity index is 357. The lowest BCUT2D eigenvalue weighted by molar-refractivity contribution is 0.170. The van der Waals surface area contributed by atoms with Crippen LogP contribution in [0.1, 0.15) is 18.1 Å². The highest BCUT2D eigenvalue weighted by atomic mass is 35.5. The molecule has 1 atom stereocenters. The van der Waals surface area contributed by atoms with E-state index in [-0.39, 0.29) is 0 Å². The molecule has 0 aliphatic heterocycles. The van der Waals surface area contributed by atoms with E-state index in [4.69, 9.17) is 26.8 Å². The first-order chi connectivity index (χ1) is 7.65.